The molecular weight excluding hydrogens is 591 g/mol. The Morgan fingerprint density at radius 3 is 1.80 bits per heavy atom. The van der Waals surface area contributed by atoms with E-state index in [9.17, 15) is 0 Å². The summed E-state index contributed by atoms with van der Waals surface area (Å²) < 4.78 is 0. The van der Waals surface area contributed by atoms with E-state index in [1.807, 2.05) is 0 Å². The molecule has 0 aliphatic heterocycles. The van der Waals surface area contributed by atoms with Crippen molar-refractivity contribution in [1.29, 1.82) is 0 Å². The fraction of sp³-hybridized carbons (Fsp3) is 0.375. The van der Waals surface area contributed by atoms with Crippen molar-refractivity contribution in [3.05, 3.63) is 138 Å². The molecule has 0 unspecified atom stereocenters. The van der Waals surface area contributed by atoms with Crippen LogP contribution in [-0.4, -0.2) is 0 Å². The molecule has 0 radical (unpaired) electrons. The Morgan fingerprint density at radius 2 is 1.08 bits per heavy atom. The minimum Gasteiger partial charge on any atom is -0.310 e. The van der Waals surface area contributed by atoms with Crippen molar-refractivity contribution in [2.45, 2.75) is 88.9 Å². The third-order valence-electron chi connectivity index (χ3n) is 14.0. The third-order valence-corrected chi connectivity index (χ3v) is 14.0. The SMILES string of the molecule is CC1(C)CCC(C)(C)c2c(N(c3ccccc3)c3cc(-c4ccccc4)c4c(c3)-c3ccccc3C43C4CC5CC(C4)CC3C5)cccc21. The molecule has 1 spiro atoms. The summed E-state index contributed by atoms with van der Waals surface area (Å²) in [5, 5.41) is 0. The smallest absolute Gasteiger partial charge is 0.0502 e. The average molecular weight is 640 g/mol. The topological polar surface area (TPSA) is 3.24 Å². The predicted molar refractivity (Wildman–Crippen MR) is 205 cm³/mol. The minimum absolute atomic E-state index is 0.0739. The summed E-state index contributed by atoms with van der Waals surface area (Å²) in [6.07, 6.45) is 9.46. The zero-order valence-corrected chi connectivity index (χ0v) is 29.7. The molecule has 0 atom stereocenters. The molecule has 6 aliphatic carbocycles. The summed E-state index contributed by atoms with van der Waals surface area (Å²) in [6.45, 7) is 9.83. The van der Waals surface area contributed by atoms with E-state index in [1.165, 1.54) is 95.4 Å². The molecule has 1 heteroatoms. The Morgan fingerprint density at radius 1 is 0.490 bits per heavy atom. The summed E-state index contributed by atoms with van der Waals surface area (Å²) in [5.41, 5.74) is 16.2. The Labute approximate surface area is 293 Å². The average Bonchev–Trinajstić information content (AvgIpc) is 3.40. The van der Waals surface area contributed by atoms with Crippen molar-refractivity contribution in [1.82, 2.24) is 0 Å². The summed E-state index contributed by atoms with van der Waals surface area (Å²) in [6, 6.07) is 44.5. The number of para-hydroxylation sites is 1. The lowest BCUT2D eigenvalue weighted by atomic mass is 9.42. The maximum atomic E-state index is 2.61. The first-order valence-electron chi connectivity index (χ1n) is 19.1. The molecule has 0 amide bonds. The van der Waals surface area contributed by atoms with E-state index < -0.39 is 0 Å². The molecule has 1 nitrogen and oxygen atoms in total. The number of nitrogens with zero attached hydrogens (tertiary/aromatic N) is 1. The maximum Gasteiger partial charge on any atom is 0.0502 e. The van der Waals surface area contributed by atoms with Crippen molar-refractivity contribution in [2.24, 2.45) is 23.7 Å². The normalized spacial score (nSPS) is 27.8. The number of benzene rings is 5. The highest BCUT2D eigenvalue weighted by Gasteiger charge is 2.62. The minimum atomic E-state index is 0.0739. The molecule has 5 aromatic carbocycles. The number of fused-ring (bicyclic) bond motifs is 4. The van der Waals surface area contributed by atoms with Crippen LogP contribution in [0.25, 0.3) is 22.3 Å². The highest BCUT2D eigenvalue weighted by molar-refractivity contribution is 5.94. The number of rotatable bonds is 4. The van der Waals surface area contributed by atoms with Gasteiger partial charge in [0.1, 0.15) is 0 Å². The van der Waals surface area contributed by atoms with Crippen LogP contribution in [0.5, 0.6) is 0 Å². The maximum absolute atomic E-state index is 2.61. The first-order chi connectivity index (χ1) is 23.8. The van der Waals surface area contributed by atoms with E-state index in [1.54, 1.807) is 11.1 Å². The Bertz CT molecular complexity index is 2060. The summed E-state index contributed by atoms with van der Waals surface area (Å²) in [7, 11) is 0. The van der Waals surface area contributed by atoms with Crippen LogP contribution in [0, 0.1) is 23.7 Å². The van der Waals surface area contributed by atoms with Gasteiger partial charge in [0.2, 0.25) is 0 Å². The van der Waals surface area contributed by atoms with Gasteiger partial charge in [0.05, 0.1) is 5.69 Å². The van der Waals surface area contributed by atoms with Gasteiger partial charge in [-0.1, -0.05) is 113 Å². The zero-order chi connectivity index (χ0) is 33.1. The van der Waals surface area contributed by atoms with Crippen molar-refractivity contribution in [2.75, 3.05) is 4.90 Å². The van der Waals surface area contributed by atoms with Crippen LogP contribution in [0.3, 0.4) is 0 Å². The molecule has 0 aromatic heterocycles. The second-order valence-corrected chi connectivity index (χ2v) is 17.6. The summed E-state index contributed by atoms with van der Waals surface area (Å²) >= 11 is 0. The van der Waals surface area contributed by atoms with Gasteiger partial charge in [0.25, 0.3) is 0 Å². The first-order valence-corrected chi connectivity index (χ1v) is 19.1. The molecule has 5 aromatic rings. The highest BCUT2D eigenvalue weighted by Crippen LogP contribution is 2.71. The van der Waals surface area contributed by atoms with Crippen LogP contribution in [0.2, 0.25) is 0 Å². The van der Waals surface area contributed by atoms with Gasteiger partial charge in [-0.2, -0.15) is 0 Å². The summed E-state index contributed by atoms with van der Waals surface area (Å²) in [5.74, 6) is 3.31. The van der Waals surface area contributed by atoms with Crippen molar-refractivity contribution in [3.63, 3.8) is 0 Å². The van der Waals surface area contributed by atoms with Crippen LogP contribution >= 0.6 is 0 Å². The lowest BCUT2D eigenvalue weighted by Crippen LogP contribution is -2.55. The van der Waals surface area contributed by atoms with E-state index in [-0.39, 0.29) is 16.2 Å². The monoisotopic (exact) mass is 639 g/mol. The lowest BCUT2D eigenvalue weighted by molar-refractivity contribution is -0.0397. The standard InChI is InChI=1S/C48H49N/c1-46(2)22-23-47(3,4)45-42(46)20-13-21-43(45)49(36-16-9-6-10-17-36)37-29-39(33-14-7-5-8-15-33)44-40(30-37)38-18-11-12-19-41(38)48(44)34-25-31-24-32(27-34)28-35(48)26-31/h5-21,29-32,34-35H,22-28H2,1-4H3. The molecule has 11 rings (SSSR count). The summed E-state index contributed by atoms with van der Waals surface area (Å²) in [4.78, 5) is 2.61. The van der Waals surface area contributed by atoms with Crippen LogP contribution in [0.15, 0.2) is 115 Å². The Balaban J connectivity index is 1.29. The fourth-order valence-corrected chi connectivity index (χ4v) is 12.1. The number of anilines is 3. The molecule has 6 aliphatic rings. The van der Waals surface area contributed by atoms with E-state index in [0.717, 1.165) is 23.7 Å². The first kappa shape index (κ1) is 29.8. The molecule has 0 saturated heterocycles. The molecule has 4 fully saturated rings. The molecule has 0 N–H and O–H groups in total. The highest BCUT2D eigenvalue weighted by atomic mass is 15.1. The van der Waals surface area contributed by atoms with Gasteiger partial charge in [0.15, 0.2) is 0 Å². The quantitative estimate of drug-likeness (QED) is 0.189. The lowest BCUT2D eigenvalue weighted by Gasteiger charge is -2.61. The van der Waals surface area contributed by atoms with Gasteiger partial charge in [-0.05, 0) is 154 Å². The van der Waals surface area contributed by atoms with Gasteiger partial charge in [0, 0.05) is 16.8 Å². The second kappa shape index (κ2) is 10.5. The Hall–Kier alpha value is -4.10. The van der Waals surface area contributed by atoms with Crippen LogP contribution < -0.4 is 4.90 Å². The number of hydrogen-bond donors (Lipinski definition) is 0. The van der Waals surface area contributed by atoms with Gasteiger partial charge >= 0.3 is 0 Å². The van der Waals surface area contributed by atoms with Crippen molar-refractivity contribution >= 4 is 17.1 Å². The molecule has 0 heterocycles. The number of hydrogen-bond acceptors (Lipinski definition) is 1. The fourth-order valence-electron chi connectivity index (χ4n) is 12.1. The van der Waals surface area contributed by atoms with Crippen molar-refractivity contribution < 1.29 is 0 Å². The van der Waals surface area contributed by atoms with E-state index >= 15 is 0 Å². The van der Waals surface area contributed by atoms with E-state index in [0.29, 0.717) is 0 Å². The molecular formula is C48H49N. The molecule has 4 bridgehead atoms. The Kier molecular flexibility index (Phi) is 6.36. The second-order valence-electron chi connectivity index (χ2n) is 17.6. The molecule has 4 saturated carbocycles. The molecule has 246 valence electrons. The predicted octanol–water partition coefficient (Wildman–Crippen LogP) is 12.9. The van der Waals surface area contributed by atoms with E-state index in [4.69, 9.17) is 0 Å². The van der Waals surface area contributed by atoms with Gasteiger partial charge in [-0.25, -0.2) is 0 Å². The van der Waals surface area contributed by atoms with Gasteiger partial charge in [-0.3, -0.25) is 0 Å². The van der Waals surface area contributed by atoms with Crippen LogP contribution in [-0.2, 0) is 16.2 Å². The largest absolute Gasteiger partial charge is 0.310 e. The van der Waals surface area contributed by atoms with Gasteiger partial charge < -0.3 is 4.90 Å². The van der Waals surface area contributed by atoms with Crippen LogP contribution in [0.1, 0.15) is 94.9 Å². The van der Waals surface area contributed by atoms with Crippen LogP contribution in [0.4, 0.5) is 17.1 Å². The third kappa shape index (κ3) is 4.17. The molecule has 49 heavy (non-hydrogen) atoms. The zero-order valence-electron chi connectivity index (χ0n) is 29.7. The van der Waals surface area contributed by atoms with Gasteiger partial charge in [-0.15, -0.1) is 0 Å². The van der Waals surface area contributed by atoms with Crippen molar-refractivity contribution in [3.8, 4) is 22.3 Å². The van der Waals surface area contributed by atoms with E-state index in [2.05, 4.69) is 148 Å².